The maximum absolute atomic E-state index is 12.4. The first-order chi connectivity index (χ1) is 15.6. The molecule has 1 saturated carbocycles. The first-order valence-corrected chi connectivity index (χ1v) is 12.1. The zero-order valence-corrected chi connectivity index (χ0v) is 19.0. The van der Waals surface area contributed by atoms with Crippen LogP contribution in [0, 0.1) is 0 Å². The first-order valence-electron chi connectivity index (χ1n) is 12.1. The highest BCUT2D eigenvalue weighted by atomic mass is 16.6. The highest BCUT2D eigenvalue weighted by Crippen LogP contribution is 2.37. The van der Waals surface area contributed by atoms with Crippen LogP contribution < -0.4 is 5.32 Å². The predicted molar refractivity (Wildman–Crippen MR) is 125 cm³/mol. The molecule has 5 nitrogen and oxygen atoms in total. The lowest BCUT2D eigenvalue weighted by Crippen LogP contribution is -2.36. The van der Waals surface area contributed by atoms with Gasteiger partial charge in [-0.1, -0.05) is 55.0 Å². The van der Waals surface area contributed by atoms with Gasteiger partial charge in [-0.2, -0.15) is 0 Å². The second-order valence-electron chi connectivity index (χ2n) is 9.68. The van der Waals surface area contributed by atoms with Crippen LogP contribution in [0.4, 0.5) is 4.79 Å². The Balaban J connectivity index is 1.19. The van der Waals surface area contributed by atoms with Crippen molar-refractivity contribution in [1.82, 2.24) is 10.2 Å². The minimum absolute atomic E-state index is 0.101. The number of hydrogen-bond donors (Lipinski definition) is 1. The van der Waals surface area contributed by atoms with Gasteiger partial charge in [-0.25, -0.2) is 4.79 Å². The normalized spacial score (nSPS) is 23.5. The van der Waals surface area contributed by atoms with Crippen molar-refractivity contribution in [2.45, 2.75) is 69.8 Å². The van der Waals surface area contributed by atoms with Gasteiger partial charge in [-0.3, -0.25) is 4.90 Å². The summed E-state index contributed by atoms with van der Waals surface area (Å²) in [4.78, 5) is 14.3. The fraction of sp³-hybridized carbons (Fsp3) is 0.519. The molecule has 32 heavy (non-hydrogen) atoms. The molecule has 2 heterocycles. The second-order valence-corrected chi connectivity index (χ2v) is 9.68. The average Bonchev–Trinajstić information content (AvgIpc) is 3.43. The van der Waals surface area contributed by atoms with Crippen molar-refractivity contribution in [3.05, 3.63) is 59.7 Å². The van der Waals surface area contributed by atoms with Crippen molar-refractivity contribution in [2.24, 2.45) is 0 Å². The Morgan fingerprint density at radius 2 is 1.75 bits per heavy atom. The van der Waals surface area contributed by atoms with Crippen LogP contribution in [0.2, 0.25) is 0 Å². The van der Waals surface area contributed by atoms with Gasteiger partial charge in [0.05, 0.1) is 18.8 Å². The standard InChI is InChI=1S/C27H34N2O3/c1-20(31-25-13-16-28-17-25)22-9-11-24(12-10-22)23-7-5-21(6-8-23)18-29-19-27(32-26(29)30)14-3-2-4-15-27/h5-12,20,25,28H,2-4,13-19H2,1H3. The molecule has 3 aliphatic rings. The summed E-state index contributed by atoms with van der Waals surface area (Å²) in [6.45, 7) is 5.47. The molecule has 2 atom stereocenters. The third kappa shape index (κ3) is 4.69. The minimum Gasteiger partial charge on any atom is -0.441 e. The van der Waals surface area contributed by atoms with Crippen molar-refractivity contribution in [1.29, 1.82) is 0 Å². The van der Waals surface area contributed by atoms with E-state index in [2.05, 4.69) is 60.8 Å². The van der Waals surface area contributed by atoms with Gasteiger partial charge in [0.25, 0.3) is 0 Å². The molecule has 1 N–H and O–H groups in total. The lowest BCUT2D eigenvalue weighted by molar-refractivity contribution is 0.00829. The van der Waals surface area contributed by atoms with Crippen LogP contribution in [0.15, 0.2) is 48.5 Å². The highest BCUT2D eigenvalue weighted by molar-refractivity contribution is 5.71. The summed E-state index contributed by atoms with van der Waals surface area (Å²) < 4.78 is 12.0. The Morgan fingerprint density at radius 1 is 1.06 bits per heavy atom. The van der Waals surface area contributed by atoms with Crippen LogP contribution in [-0.4, -0.2) is 42.3 Å². The molecule has 2 saturated heterocycles. The van der Waals surface area contributed by atoms with Gasteiger partial charge in [0.15, 0.2) is 0 Å². The Hall–Kier alpha value is -2.37. The highest BCUT2D eigenvalue weighted by Gasteiger charge is 2.45. The molecule has 1 amide bonds. The third-order valence-electron chi connectivity index (χ3n) is 7.26. The Morgan fingerprint density at radius 3 is 2.41 bits per heavy atom. The van der Waals surface area contributed by atoms with E-state index in [4.69, 9.17) is 9.47 Å². The number of nitrogens with one attached hydrogen (secondary N) is 1. The SMILES string of the molecule is CC(OC1CCNC1)c1ccc(-c2ccc(CN3CC4(CCCCC4)OC3=O)cc2)cc1. The quantitative estimate of drug-likeness (QED) is 0.657. The van der Waals surface area contributed by atoms with E-state index in [1.54, 1.807) is 0 Å². The van der Waals surface area contributed by atoms with Gasteiger partial charge in [0.1, 0.15) is 5.60 Å². The Labute approximate surface area is 191 Å². The van der Waals surface area contributed by atoms with Gasteiger partial charge in [-0.05, 0) is 67.8 Å². The van der Waals surface area contributed by atoms with E-state index in [0.29, 0.717) is 12.6 Å². The minimum atomic E-state index is -0.230. The fourth-order valence-corrected chi connectivity index (χ4v) is 5.35. The van der Waals surface area contributed by atoms with Crippen LogP contribution in [0.1, 0.15) is 62.7 Å². The number of carbonyl (C=O) groups is 1. The van der Waals surface area contributed by atoms with Gasteiger partial charge in [-0.15, -0.1) is 0 Å². The molecule has 1 spiro atoms. The number of benzene rings is 2. The van der Waals surface area contributed by atoms with Gasteiger partial charge >= 0.3 is 6.09 Å². The van der Waals surface area contributed by atoms with Crippen LogP contribution in [0.5, 0.6) is 0 Å². The third-order valence-corrected chi connectivity index (χ3v) is 7.26. The molecule has 5 heteroatoms. The van der Waals surface area contributed by atoms with Gasteiger partial charge in [0.2, 0.25) is 0 Å². The molecule has 3 fully saturated rings. The van der Waals surface area contributed by atoms with Crippen LogP contribution in [-0.2, 0) is 16.0 Å². The van der Waals surface area contributed by atoms with Crippen molar-refractivity contribution < 1.29 is 14.3 Å². The maximum Gasteiger partial charge on any atom is 0.410 e. The second kappa shape index (κ2) is 9.24. The maximum atomic E-state index is 12.4. The van der Waals surface area contributed by atoms with E-state index >= 15 is 0 Å². The van der Waals surface area contributed by atoms with Crippen LogP contribution >= 0.6 is 0 Å². The number of nitrogens with zero attached hydrogens (tertiary/aromatic N) is 1. The topological polar surface area (TPSA) is 50.8 Å². The van der Waals surface area contributed by atoms with Crippen molar-refractivity contribution >= 4 is 6.09 Å². The first kappa shape index (κ1) is 21.5. The van der Waals surface area contributed by atoms with E-state index in [9.17, 15) is 4.79 Å². The molecule has 0 bridgehead atoms. The van der Waals surface area contributed by atoms with Crippen molar-refractivity contribution in [3.63, 3.8) is 0 Å². The summed E-state index contributed by atoms with van der Waals surface area (Å²) in [5.74, 6) is 0. The van der Waals surface area contributed by atoms with E-state index in [-0.39, 0.29) is 17.8 Å². The zero-order chi connectivity index (χ0) is 22.0. The summed E-state index contributed by atoms with van der Waals surface area (Å²) in [7, 11) is 0. The molecule has 1 aliphatic carbocycles. The molecular formula is C27H34N2O3. The number of amides is 1. The molecule has 5 rings (SSSR count). The summed E-state index contributed by atoms with van der Waals surface area (Å²) in [5, 5.41) is 3.35. The van der Waals surface area contributed by atoms with Gasteiger partial charge in [0, 0.05) is 13.1 Å². The molecule has 2 aromatic carbocycles. The van der Waals surface area contributed by atoms with Gasteiger partial charge < -0.3 is 14.8 Å². The smallest absolute Gasteiger partial charge is 0.410 e. The fourth-order valence-electron chi connectivity index (χ4n) is 5.35. The number of hydrogen-bond acceptors (Lipinski definition) is 4. The monoisotopic (exact) mass is 434 g/mol. The average molecular weight is 435 g/mol. The molecule has 2 aromatic rings. The molecular weight excluding hydrogens is 400 g/mol. The lowest BCUT2D eigenvalue weighted by Gasteiger charge is -2.30. The Kier molecular flexibility index (Phi) is 6.20. The van der Waals surface area contributed by atoms with E-state index in [1.165, 1.54) is 23.1 Å². The lowest BCUT2D eigenvalue weighted by atomic mass is 9.85. The number of carbonyl (C=O) groups excluding carboxylic acids is 1. The van der Waals surface area contributed by atoms with Crippen molar-refractivity contribution in [3.8, 4) is 11.1 Å². The largest absolute Gasteiger partial charge is 0.441 e. The zero-order valence-electron chi connectivity index (χ0n) is 19.0. The molecule has 170 valence electrons. The molecule has 2 unspecified atom stereocenters. The molecule has 0 radical (unpaired) electrons. The predicted octanol–water partition coefficient (Wildman–Crippen LogP) is 5.45. The number of ether oxygens (including phenoxy) is 2. The number of rotatable bonds is 6. The van der Waals surface area contributed by atoms with E-state index in [1.807, 2.05) is 4.90 Å². The van der Waals surface area contributed by atoms with E-state index in [0.717, 1.165) is 57.3 Å². The summed E-state index contributed by atoms with van der Waals surface area (Å²) in [6.07, 6.45) is 6.94. The van der Waals surface area contributed by atoms with Crippen LogP contribution in [0.3, 0.4) is 0 Å². The molecule has 0 aromatic heterocycles. The Bertz CT molecular complexity index is 913. The molecule has 2 aliphatic heterocycles. The van der Waals surface area contributed by atoms with E-state index < -0.39 is 0 Å². The summed E-state index contributed by atoms with van der Waals surface area (Å²) >= 11 is 0. The van der Waals surface area contributed by atoms with Crippen molar-refractivity contribution in [2.75, 3.05) is 19.6 Å². The summed E-state index contributed by atoms with van der Waals surface area (Å²) in [5.41, 5.74) is 4.49. The summed E-state index contributed by atoms with van der Waals surface area (Å²) in [6, 6.07) is 17.2. The van der Waals surface area contributed by atoms with Crippen LogP contribution in [0.25, 0.3) is 11.1 Å².